The van der Waals surface area contributed by atoms with Crippen molar-refractivity contribution >= 4 is 16.6 Å². The summed E-state index contributed by atoms with van der Waals surface area (Å²) in [7, 11) is 0. The number of ketones is 1. The van der Waals surface area contributed by atoms with Crippen LogP contribution in [0.3, 0.4) is 0 Å². The standard InChI is InChI=1S/C22H12NO.C11H8N.Ir/c24-22-19-9-5-4-8-15(19)16-10-11-18-17(20(16)22)12-13-23-21(18)14-6-2-1-3-7-14;1-2-6-10(7-3-1)11-8-4-5-9-12-11;/h1-6,8-13H;1-6,8-9H;/q2*-1;. The van der Waals surface area contributed by atoms with Gasteiger partial charge in [-0.3, -0.25) is 4.79 Å². The SMILES string of the molecule is O=C1c2ccccc2-c2ccc3c(-c4[c-]cccc4)nccc3c21.[Ir].[c-]1ccccc1-c1ccccn1. The van der Waals surface area contributed by atoms with E-state index in [0.29, 0.717) is 0 Å². The van der Waals surface area contributed by atoms with Crippen molar-refractivity contribution in [3.05, 3.63) is 145 Å². The van der Waals surface area contributed by atoms with Gasteiger partial charge in [0.1, 0.15) is 0 Å². The molecule has 6 aromatic rings. The van der Waals surface area contributed by atoms with E-state index >= 15 is 0 Å². The Kier molecular flexibility index (Phi) is 7.13. The predicted octanol–water partition coefficient (Wildman–Crippen LogP) is 7.46. The molecule has 0 atom stereocenters. The van der Waals surface area contributed by atoms with E-state index in [0.717, 1.165) is 55.5 Å². The number of fused-ring (bicyclic) bond motifs is 5. The van der Waals surface area contributed by atoms with Crippen molar-refractivity contribution in [3.63, 3.8) is 0 Å². The summed E-state index contributed by atoms with van der Waals surface area (Å²) < 4.78 is 0. The average molecular weight is 653 g/mol. The Morgan fingerprint density at radius 2 is 1.24 bits per heavy atom. The first kappa shape index (κ1) is 24.5. The topological polar surface area (TPSA) is 42.9 Å². The zero-order valence-corrected chi connectivity index (χ0v) is 22.1. The molecule has 7 rings (SSSR count). The van der Waals surface area contributed by atoms with Gasteiger partial charge in [0.15, 0.2) is 5.78 Å². The van der Waals surface area contributed by atoms with Crippen LogP contribution in [0.5, 0.6) is 0 Å². The van der Waals surface area contributed by atoms with Crippen LogP contribution >= 0.6 is 0 Å². The Labute approximate surface area is 229 Å². The van der Waals surface area contributed by atoms with E-state index in [2.05, 4.69) is 28.2 Å². The van der Waals surface area contributed by atoms with Crippen LogP contribution in [0.1, 0.15) is 15.9 Å². The van der Waals surface area contributed by atoms with Crippen LogP contribution in [-0.4, -0.2) is 15.8 Å². The van der Waals surface area contributed by atoms with Gasteiger partial charge in [-0.1, -0.05) is 48.5 Å². The molecule has 1 aliphatic carbocycles. The van der Waals surface area contributed by atoms with Gasteiger partial charge in [-0.25, -0.2) is 0 Å². The first-order valence-electron chi connectivity index (χ1n) is 11.7. The van der Waals surface area contributed by atoms with Gasteiger partial charge in [-0.2, -0.15) is 0 Å². The summed E-state index contributed by atoms with van der Waals surface area (Å²) in [6.45, 7) is 0. The fourth-order valence-electron chi connectivity index (χ4n) is 4.60. The van der Waals surface area contributed by atoms with Crippen molar-refractivity contribution in [2.45, 2.75) is 0 Å². The van der Waals surface area contributed by atoms with Crippen molar-refractivity contribution in [1.29, 1.82) is 0 Å². The fraction of sp³-hybridized carbons (Fsp3) is 0. The first-order valence-corrected chi connectivity index (χ1v) is 11.7. The van der Waals surface area contributed by atoms with Crippen molar-refractivity contribution < 1.29 is 24.9 Å². The molecule has 1 radical (unpaired) electrons. The third-order valence-electron chi connectivity index (χ3n) is 6.25. The molecule has 0 unspecified atom stereocenters. The molecule has 1 aliphatic rings. The van der Waals surface area contributed by atoms with E-state index in [-0.39, 0.29) is 25.9 Å². The number of carbonyl (C=O) groups is 1. The molecule has 37 heavy (non-hydrogen) atoms. The largest absolute Gasteiger partial charge is 0.305 e. The normalized spacial score (nSPS) is 11.1. The summed E-state index contributed by atoms with van der Waals surface area (Å²) in [4.78, 5) is 21.7. The summed E-state index contributed by atoms with van der Waals surface area (Å²) >= 11 is 0. The number of benzene rings is 4. The van der Waals surface area contributed by atoms with E-state index < -0.39 is 0 Å². The Morgan fingerprint density at radius 1 is 0.541 bits per heavy atom. The maximum absolute atomic E-state index is 12.9. The number of aromatic nitrogens is 2. The zero-order chi connectivity index (χ0) is 24.3. The Balaban J connectivity index is 0.000000183. The second kappa shape index (κ2) is 10.8. The maximum Gasteiger partial charge on any atom is 0.194 e. The fourth-order valence-corrected chi connectivity index (χ4v) is 4.60. The summed E-state index contributed by atoms with van der Waals surface area (Å²) in [6, 6.07) is 41.7. The average Bonchev–Trinajstić information content (AvgIpc) is 3.27. The van der Waals surface area contributed by atoms with Crippen molar-refractivity contribution in [1.82, 2.24) is 9.97 Å². The number of pyridine rings is 2. The minimum absolute atomic E-state index is 0. The molecule has 0 saturated carbocycles. The van der Waals surface area contributed by atoms with E-state index in [1.165, 1.54) is 0 Å². The molecule has 0 aliphatic heterocycles. The molecule has 2 aromatic heterocycles. The number of nitrogens with zero attached hydrogens (tertiary/aromatic N) is 2. The van der Waals surface area contributed by atoms with E-state index in [1.54, 1.807) is 12.4 Å². The van der Waals surface area contributed by atoms with Crippen molar-refractivity contribution in [3.8, 4) is 33.6 Å². The smallest absolute Gasteiger partial charge is 0.194 e. The zero-order valence-electron chi connectivity index (χ0n) is 19.7. The molecule has 4 heteroatoms. The molecule has 179 valence electrons. The quantitative estimate of drug-likeness (QED) is 0.182. The van der Waals surface area contributed by atoms with Gasteiger partial charge in [0.05, 0.1) is 0 Å². The number of hydrogen-bond donors (Lipinski definition) is 0. The number of hydrogen-bond acceptors (Lipinski definition) is 3. The third-order valence-corrected chi connectivity index (χ3v) is 6.25. The summed E-state index contributed by atoms with van der Waals surface area (Å²) in [5.74, 6) is 0.0976. The molecular formula is C33H20IrN2O-2. The van der Waals surface area contributed by atoms with Crippen molar-refractivity contribution in [2.24, 2.45) is 0 Å². The van der Waals surface area contributed by atoms with E-state index in [4.69, 9.17) is 0 Å². The van der Waals surface area contributed by atoms with Gasteiger partial charge in [0.25, 0.3) is 0 Å². The summed E-state index contributed by atoms with van der Waals surface area (Å²) in [5.41, 5.74) is 7.40. The summed E-state index contributed by atoms with van der Waals surface area (Å²) in [6.07, 6.45) is 3.56. The Hall–Kier alpha value is -4.24. The first-order chi connectivity index (χ1) is 17.8. The van der Waals surface area contributed by atoms with Crippen LogP contribution in [0.15, 0.2) is 122 Å². The molecule has 0 spiro atoms. The maximum atomic E-state index is 12.9. The van der Waals surface area contributed by atoms with Gasteiger partial charge in [0.2, 0.25) is 0 Å². The molecule has 4 aromatic carbocycles. The van der Waals surface area contributed by atoms with Gasteiger partial charge < -0.3 is 9.97 Å². The van der Waals surface area contributed by atoms with Gasteiger partial charge in [-0.05, 0) is 45.4 Å². The number of carbonyl (C=O) groups excluding carboxylic acids is 1. The second-order valence-electron chi connectivity index (χ2n) is 8.38. The molecular weight excluding hydrogens is 633 g/mol. The molecule has 0 fully saturated rings. The van der Waals surface area contributed by atoms with Crippen LogP contribution < -0.4 is 0 Å². The van der Waals surface area contributed by atoms with Crippen LogP contribution in [0.4, 0.5) is 0 Å². The monoisotopic (exact) mass is 653 g/mol. The molecule has 2 heterocycles. The van der Waals surface area contributed by atoms with Crippen LogP contribution in [0.2, 0.25) is 0 Å². The van der Waals surface area contributed by atoms with Gasteiger partial charge >= 0.3 is 0 Å². The molecule has 3 nitrogen and oxygen atoms in total. The predicted molar refractivity (Wildman–Crippen MR) is 143 cm³/mol. The summed E-state index contributed by atoms with van der Waals surface area (Å²) in [5, 5.41) is 1.94. The Morgan fingerprint density at radius 3 is 1.95 bits per heavy atom. The second-order valence-corrected chi connectivity index (χ2v) is 8.38. The molecule has 0 N–H and O–H groups in total. The molecule has 0 amide bonds. The third kappa shape index (κ3) is 4.65. The molecule has 0 bridgehead atoms. The van der Waals surface area contributed by atoms with Crippen LogP contribution in [0.25, 0.3) is 44.4 Å². The van der Waals surface area contributed by atoms with E-state index in [9.17, 15) is 4.79 Å². The molecule has 0 saturated heterocycles. The van der Waals surface area contributed by atoms with E-state index in [1.807, 2.05) is 103 Å². The van der Waals surface area contributed by atoms with Crippen LogP contribution in [-0.2, 0) is 20.1 Å². The van der Waals surface area contributed by atoms with Crippen molar-refractivity contribution in [2.75, 3.05) is 0 Å². The number of rotatable bonds is 2. The Bertz CT molecular complexity index is 1650. The minimum Gasteiger partial charge on any atom is -0.305 e. The van der Waals surface area contributed by atoms with Gasteiger partial charge in [-0.15, -0.1) is 71.8 Å². The minimum atomic E-state index is 0. The van der Waals surface area contributed by atoms with Gasteiger partial charge in [0, 0.05) is 43.6 Å². The van der Waals surface area contributed by atoms with Crippen LogP contribution in [0, 0.1) is 12.1 Å².